The van der Waals surface area contributed by atoms with Gasteiger partial charge in [0.2, 0.25) is 0 Å². The number of hydrogen-bond acceptors (Lipinski definition) is 3. The van der Waals surface area contributed by atoms with Crippen LogP contribution in [0.5, 0.6) is 0 Å². The van der Waals surface area contributed by atoms with E-state index in [1.807, 2.05) is 30.3 Å². The van der Waals surface area contributed by atoms with Crippen LogP contribution in [0.3, 0.4) is 0 Å². The summed E-state index contributed by atoms with van der Waals surface area (Å²) in [6, 6.07) is 14.2. The van der Waals surface area contributed by atoms with E-state index in [0.717, 1.165) is 22.1 Å². The molecule has 0 N–H and O–H groups in total. The number of hydrogen-bond donors (Lipinski definition) is 0. The summed E-state index contributed by atoms with van der Waals surface area (Å²) in [6.45, 7) is 0. The molecule has 0 atom stereocenters. The third-order valence-corrected chi connectivity index (χ3v) is 2.84. The Hall–Kier alpha value is -2.62. The van der Waals surface area contributed by atoms with E-state index >= 15 is 0 Å². The van der Waals surface area contributed by atoms with Crippen molar-refractivity contribution in [2.24, 2.45) is 0 Å². The molecule has 4 heteroatoms. The van der Waals surface area contributed by atoms with Gasteiger partial charge in [0.1, 0.15) is 5.58 Å². The molecule has 0 amide bonds. The van der Waals surface area contributed by atoms with Crippen LogP contribution in [-0.2, 0) is 0 Å². The van der Waals surface area contributed by atoms with Gasteiger partial charge in [-0.2, -0.15) is 0 Å². The van der Waals surface area contributed by atoms with Gasteiger partial charge < -0.3 is 4.42 Å². The maximum atomic E-state index is 10.7. The van der Waals surface area contributed by atoms with E-state index in [1.54, 1.807) is 18.4 Å². The fourth-order valence-electron chi connectivity index (χ4n) is 1.95. The van der Waals surface area contributed by atoms with Gasteiger partial charge in [-0.05, 0) is 29.3 Å². The van der Waals surface area contributed by atoms with Crippen molar-refractivity contribution in [2.75, 3.05) is 0 Å². The number of furan rings is 1. The van der Waals surface area contributed by atoms with Crippen LogP contribution < -0.4 is 0 Å². The van der Waals surface area contributed by atoms with Gasteiger partial charge in [0.25, 0.3) is 5.69 Å². The number of non-ortho nitro benzene ring substituents is 1. The van der Waals surface area contributed by atoms with E-state index in [2.05, 4.69) is 0 Å². The highest BCUT2D eigenvalue weighted by Crippen LogP contribution is 2.27. The minimum absolute atomic E-state index is 0.0970. The molecule has 2 aromatic carbocycles. The topological polar surface area (TPSA) is 56.3 Å². The highest BCUT2D eigenvalue weighted by molar-refractivity contribution is 5.83. The Morgan fingerprint density at radius 3 is 2.67 bits per heavy atom. The molecule has 0 aliphatic heterocycles. The molecule has 0 radical (unpaired) electrons. The second-order valence-corrected chi connectivity index (χ2v) is 3.98. The smallest absolute Gasteiger partial charge is 0.270 e. The maximum absolute atomic E-state index is 10.7. The van der Waals surface area contributed by atoms with Crippen molar-refractivity contribution in [3.05, 3.63) is 64.9 Å². The van der Waals surface area contributed by atoms with E-state index in [1.165, 1.54) is 6.07 Å². The van der Waals surface area contributed by atoms with Gasteiger partial charge in [-0.25, -0.2) is 0 Å². The van der Waals surface area contributed by atoms with E-state index in [-0.39, 0.29) is 10.6 Å². The van der Waals surface area contributed by atoms with Gasteiger partial charge in [-0.15, -0.1) is 0 Å². The molecule has 0 saturated carbocycles. The standard InChI is InChI=1S/C14H9NO3/c16-15(17)13-3-1-2-10(9-13)11-4-5-14-12(8-11)6-7-18-14/h1-9H. The van der Waals surface area contributed by atoms with Gasteiger partial charge in [0, 0.05) is 17.5 Å². The molecule has 0 fully saturated rings. The molecule has 0 unspecified atom stereocenters. The minimum atomic E-state index is -0.389. The Morgan fingerprint density at radius 2 is 1.83 bits per heavy atom. The van der Waals surface area contributed by atoms with Crippen molar-refractivity contribution in [3.8, 4) is 11.1 Å². The highest BCUT2D eigenvalue weighted by Gasteiger charge is 2.07. The number of nitrogens with zero attached hydrogens (tertiary/aromatic N) is 1. The Bertz CT molecular complexity index is 730. The van der Waals surface area contributed by atoms with Gasteiger partial charge in [0.05, 0.1) is 11.2 Å². The van der Waals surface area contributed by atoms with Crippen molar-refractivity contribution in [2.45, 2.75) is 0 Å². The summed E-state index contributed by atoms with van der Waals surface area (Å²) in [5.74, 6) is 0. The molecule has 88 valence electrons. The normalized spacial score (nSPS) is 10.7. The fraction of sp³-hybridized carbons (Fsp3) is 0. The van der Waals surface area contributed by atoms with E-state index in [0.29, 0.717) is 0 Å². The van der Waals surface area contributed by atoms with Gasteiger partial charge in [-0.1, -0.05) is 18.2 Å². The Morgan fingerprint density at radius 1 is 1.00 bits per heavy atom. The Kier molecular flexibility index (Phi) is 2.34. The van der Waals surface area contributed by atoms with Crippen LogP contribution in [0.2, 0.25) is 0 Å². The van der Waals surface area contributed by atoms with Gasteiger partial charge in [0.15, 0.2) is 0 Å². The average Bonchev–Trinajstić information content (AvgIpc) is 2.86. The number of fused-ring (bicyclic) bond motifs is 1. The molecule has 0 aliphatic rings. The van der Waals surface area contributed by atoms with E-state index in [4.69, 9.17) is 4.42 Å². The molecule has 3 aromatic rings. The summed E-state index contributed by atoms with van der Waals surface area (Å²) in [5.41, 5.74) is 2.67. The zero-order valence-electron chi connectivity index (χ0n) is 9.37. The van der Waals surface area contributed by atoms with Crippen molar-refractivity contribution in [3.63, 3.8) is 0 Å². The van der Waals surface area contributed by atoms with Crippen LogP contribution >= 0.6 is 0 Å². The molecule has 3 rings (SSSR count). The van der Waals surface area contributed by atoms with E-state index < -0.39 is 0 Å². The molecule has 1 aromatic heterocycles. The molecule has 0 spiro atoms. The summed E-state index contributed by atoms with van der Waals surface area (Å²) in [6.07, 6.45) is 1.63. The summed E-state index contributed by atoms with van der Waals surface area (Å²) in [4.78, 5) is 10.4. The lowest BCUT2D eigenvalue weighted by Gasteiger charge is -2.01. The van der Waals surface area contributed by atoms with Crippen LogP contribution in [-0.4, -0.2) is 4.92 Å². The van der Waals surface area contributed by atoms with E-state index in [9.17, 15) is 10.1 Å². The number of nitro groups is 1. The highest BCUT2D eigenvalue weighted by atomic mass is 16.6. The summed E-state index contributed by atoms with van der Waals surface area (Å²) >= 11 is 0. The molecule has 4 nitrogen and oxygen atoms in total. The molecular weight excluding hydrogens is 230 g/mol. The van der Waals surface area contributed by atoms with Crippen LogP contribution in [0.25, 0.3) is 22.1 Å². The first-order valence-electron chi connectivity index (χ1n) is 5.46. The number of nitro benzene ring substituents is 1. The quantitative estimate of drug-likeness (QED) is 0.501. The average molecular weight is 239 g/mol. The predicted molar refractivity (Wildman–Crippen MR) is 68.3 cm³/mol. The molecule has 0 bridgehead atoms. The monoisotopic (exact) mass is 239 g/mol. The summed E-state index contributed by atoms with van der Waals surface area (Å²) in [7, 11) is 0. The van der Waals surface area contributed by atoms with Gasteiger partial charge in [-0.3, -0.25) is 10.1 Å². The van der Waals surface area contributed by atoms with Crippen molar-refractivity contribution in [1.29, 1.82) is 0 Å². The first-order chi connectivity index (χ1) is 8.74. The zero-order chi connectivity index (χ0) is 12.5. The van der Waals surface area contributed by atoms with Crippen molar-refractivity contribution < 1.29 is 9.34 Å². The fourth-order valence-corrected chi connectivity index (χ4v) is 1.95. The molecule has 18 heavy (non-hydrogen) atoms. The summed E-state index contributed by atoms with van der Waals surface area (Å²) in [5, 5.41) is 11.7. The van der Waals surface area contributed by atoms with Crippen LogP contribution in [0.1, 0.15) is 0 Å². The maximum Gasteiger partial charge on any atom is 0.270 e. The molecule has 1 heterocycles. The van der Waals surface area contributed by atoms with Crippen LogP contribution in [0.15, 0.2) is 59.2 Å². The van der Waals surface area contributed by atoms with Crippen LogP contribution in [0, 0.1) is 10.1 Å². The lowest BCUT2D eigenvalue weighted by Crippen LogP contribution is -1.87. The zero-order valence-corrected chi connectivity index (χ0v) is 9.37. The number of benzene rings is 2. The first-order valence-corrected chi connectivity index (χ1v) is 5.46. The second kappa shape index (κ2) is 4.00. The van der Waals surface area contributed by atoms with Gasteiger partial charge >= 0.3 is 0 Å². The SMILES string of the molecule is O=[N+]([O-])c1cccc(-c2ccc3occc3c2)c1. The largest absolute Gasteiger partial charge is 0.464 e. The van der Waals surface area contributed by atoms with Crippen LogP contribution in [0.4, 0.5) is 5.69 Å². The van der Waals surface area contributed by atoms with Crippen molar-refractivity contribution >= 4 is 16.7 Å². The second-order valence-electron chi connectivity index (χ2n) is 3.98. The number of rotatable bonds is 2. The Labute approximate surface area is 103 Å². The minimum Gasteiger partial charge on any atom is -0.464 e. The first kappa shape index (κ1) is 10.5. The third-order valence-electron chi connectivity index (χ3n) is 2.84. The molecule has 0 aliphatic carbocycles. The molecule has 0 saturated heterocycles. The lowest BCUT2D eigenvalue weighted by atomic mass is 10.0. The molecular formula is C14H9NO3. The summed E-state index contributed by atoms with van der Waals surface area (Å²) < 4.78 is 5.26. The predicted octanol–water partition coefficient (Wildman–Crippen LogP) is 4.01. The van der Waals surface area contributed by atoms with Crippen molar-refractivity contribution in [1.82, 2.24) is 0 Å². The third kappa shape index (κ3) is 1.73. The lowest BCUT2D eigenvalue weighted by molar-refractivity contribution is -0.384. The Balaban J connectivity index is 2.13.